The van der Waals surface area contributed by atoms with Crippen molar-refractivity contribution in [3.05, 3.63) is 84.8 Å². The molecule has 0 amide bonds. The normalized spacial score (nSPS) is 12.6. The van der Waals surface area contributed by atoms with Crippen LogP contribution in [0, 0.1) is 0 Å². The van der Waals surface area contributed by atoms with E-state index in [4.69, 9.17) is 0 Å². The summed E-state index contributed by atoms with van der Waals surface area (Å²) in [4.78, 5) is 4.51. The summed E-state index contributed by atoms with van der Waals surface area (Å²) in [5.41, 5.74) is 4.11. The minimum absolute atomic E-state index is 0.940. The van der Waals surface area contributed by atoms with Gasteiger partial charge in [-0.3, -0.25) is 4.98 Å². The fraction of sp³-hybridized carbons (Fsp3) is 0.105. The highest BCUT2D eigenvalue weighted by molar-refractivity contribution is 5.76. The van der Waals surface area contributed by atoms with E-state index in [2.05, 4.69) is 36.4 Å². The van der Waals surface area contributed by atoms with Gasteiger partial charge in [0, 0.05) is 6.20 Å². The average molecular weight is 263 g/mol. The maximum atomic E-state index is 4.51. The lowest BCUT2D eigenvalue weighted by atomic mass is 10.0. The largest absolute Gasteiger partial charge is 0.256 e. The molecule has 102 valence electrons. The molecule has 0 aliphatic heterocycles. The van der Waals surface area contributed by atoms with Crippen LogP contribution in [-0.4, -0.2) is 4.98 Å². The summed E-state index contributed by atoms with van der Waals surface area (Å²) in [5, 5.41) is 0. The van der Waals surface area contributed by atoms with Gasteiger partial charge in [-0.25, -0.2) is 0 Å². The van der Waals surface area contributed by atoms with E-state index in [-0.39, 0.29) is 0 Å². The molecule has 0 aromatic carbocycles. The number of pyridine rings is 1. The molecule has 1 nitrogen and oxygen atoms in total. The zero-order valence-corrected chi connectivity index (χ0v) is 12.2. The zero-order chi connectivity index (χ0) is 14.8. The van der Waals surface area contributed by atoms with Crippen LogP contribution < -0.4 is 0 Å². The Balaban J connectivity index is 3.33. The highest BCUT2D eigenvalue weighted by Gasteiger charge is 2.03. The van der Waals surface area contributed by atoms with E-state index in [9.17, 15) is 0 Å². The summed E-state index contributed by atoms with van der Waals surface area (Å²) in [6.45, 7) is 11.5. The Morgan fingerprint density at radius 1 is 1.10 bits per heavy atom. The molecule has 1 heterocycles. The lowest BCUT2D eigenvalue weighted by molar-refractivity contribution is 1.26. The van der Waals surface area contributed by atoms with Crippen molar-refractivity contribution in [3.8, 4) is 0 Å². The SMILES string of the molecule is C=C/C=C\c1cc(C(/C=C\C)=C/C=C\C)ncc1C=C. The van der Waals surface area contributed by atoms with Gasteiger partial charge in [-0.2, -0.15) is 0 Å². The molecule has 0 radical (unpaired) electrons. The molecule has 0 aliphatic carbocycles. The Morgan fingerprint density at radius 2 is 1.90 bits per heavy atom. The van der Waals surface area contributed by atoms with Crippen molar-refractivity contribution in [2.75, 3.05) is 0 Å². The number of hydrogen-bond acceptors (Lipinski definition) is 1. The fourth-order valence-corrected chi connectivity index (χ4v) is 1.73. The van der Waals surface area contributed by atoms with E-state index in [1.165, 1.54) is 0 Å². The summed E-state index contributed by atoms with van der Waals surface area (Å²) < 4.78 is 0. The van der Waals surface area contributed by atoms with Crippen LogP contribution in [-0.2, 0) is 0 Å². The summed E-state index contributed by atoms with van der Waals surface area (Å²) in [7, 11) is 0. The maximum absolute atomic E-state index is 4.51. The third kappa shape index (κ3) is 4.36. The lowest BCUT2D eigenvalue weighted by Crippen LogP contribution is -1.91. The van der Waals surface area contributed by atoms with Crippen molar-refractivity contribution in [1.29, 1.82) is 0 Å². The molecule has 0 saturated heterocycles. The number of hydrogen-bond donors (Lipinski definition) is 0. The van der Waals surface area contributed by atoms with Crippen LogP contribution in [0.15, 0.2) is 68.0 Å². The van der Waals surface area contributed by atoms with Crippen molar-refractivity contribution in [1.82, 2.24) is 4.98 Å². The molecule has 1 heteroatoms. The molecular formula is C19H21N. The highest BCUT2D eigenvalue weighted by atomic mass is 14.7. The van der Waals surface area contributed by atoms with Crippen molar-refractivity contribution < 1.29 is 0 Å². The first-order valence-corrected chi connectivity index (χ1v) is 6.64. The molecule has 1 rings (SSSR count). The second-order valence-electron chi connectivity index (χ2n) is 4.15. The van der Waals surface area contributed by atoms with Gasteiger partial charge in [-0.05, 0) is 36.6 Å². The van der Waals surface area contributed by atoms with Crippen LogP contribution in [0.4, 0.5) is 0 Å². The van der Waals surface area contributed by atoms with E-state index in [1.807, 2.05) is 56.5 Å². The molecule has 0 bridgehead atoms. The molecule has 1 aromatic rings. The predicted octanol–water partition coefficient (Wildman–Crippen LogP) is 5.46. The molecule has 0 unspecified atom stereocenters. The molecule has 20 heavy (non-hydrogen) atoms. The molecule has 1 aromatic heterocycles. The van der Waals surface area contributed by atoms with E-state index in [1.54, 1.807) is 6.08 Å². The van der Waals surface area contributed by atoms with E-state index < -0.39 is 0 Å². The Bertz CT molecular complexity index is 584. The third-order valence-corrected chi connectivity index (χ3v) is 2.71. The first-order chi connectivity index (χ1) is 9.76. The summed E-state index contributed by atoms with van der Waals surface area (Å²) in [6.07, 6.45) is 19.5. The van der Waals surface area contributed by atoms with Gasteiger partial charge in [0.1, 0.15) is 0 Å². The fourth-order valence-electron chi connectivity index (χ4n) is 1.73. The number of allylic oxidation sites excluding steroid dienone is 8. The van der Waals surface area contributed by atoms with Crippen LogP contribution in [0.3, 0.4) is 0 Å². The van der Waals surface area contributed by atoms with Crippen LogP contribution in [0.25, 0.3) is 17.7 Å². The third-order valence-electron chi connectivity index (χ3n) is 2.71. The molecule has 0 saturated carbocycles. The molecule has 0 N–H and O–H groups in total. The zero-order valence-electron chi connectivity index (χ0n) is 12.2. The smallest absolute Gasteiger partial charge is 0.0708 e. The standard InChI is InChI=1S/C19H21N/c1-5-9-12-17(11-7-3)19-14-18(13-10-6-2)16(8-4)15-20-19/h5-15H,2,4H2,1,3H3/b9-5-,11-7-,13-10-,17-12+. The van der Waals surface area contributed by atoms with Crippen LogP contribution in [0.5, 0.6) is 0 Å². The monoisotopic (exact) mass is 263 g/mol. The minimum Gasteiger partial charge on any atom is -0.256 e. The van der Waals surface area contributed by atoms with Crippen LogP contribution >= 0.6 is 0 Å². The summed E-state index contributed by atoms with van der Waals surface area (Å²) in [6, 6.07) is 2.06. The summed E-state index contributed by atoms with van der Waals surface area (Å²) in [5.74, 6) is 0. The van der Waals surface area contributed by atoms with Crippen molar-refractivity contribution in [3.63, 3.8) is 0 Å². The molecular weight excluding hydrogens is 242 g/mol. The highest BCUT2D eigenvalue weighted by Crippen LogP contribution is 2.19. The first kappa shape index (κ1) is 15.6. The van der Waals surface area contributed by atoms with Gasteiger partial charge in [0.25, 0.3) is 0 Å². The average Bonchev–Trinajstić information content (AvgIpc) is 2.49. The Labute approximate surface area is 122 Å². The molecule has 0 atom stereocenters. The Kier molecular flexibility index (Phi) is 6.77. The van der Waals surface area contributed by atoms with Crippen LogP contribution in [0.1, 0.15) is 30.7 Å². The second-order valence-corrected chi connectivity index (χ2v) is 4.15. The van der Waals surface area contributed by atoms with Crippen LogP contribution in [0.2, 0.25) is 0 Å². The number of rotatable bonds is 6. The van der Waals surface area contributed by atoms with Gasteiger partial charge < -0.3 is 0 Å². The second kappa shape index (κ2) is 8.65. The van der Waals surface area contributed by atoms with Gasteiger partial charge in [-0.1, -0.05) is 67.8 Å². The summed E-state index contributed by atoms with van der Waals surface area (Å²) >= 11 is 0. The minimum atomic E-state index is 0.940. The first-order valence-electron chi connectivity index (χ1n) is 6.64. The van der Waals surface area contributed by atoms with Gasteiger partial charge in [0.2, 0.25) is 0 Å². The predicted molar refractivity (Wildman–Crippen MR) is 91.2 cm³/mol. The maximum Gasteiger partial charge on any atom is 0.0708 e. The van der Waals surface area contributed by atoms with E-state index in [0.717, 1.165) is 22.4 Å². The quantitative estimate of drug-likeness (QED) is 0.621. The molecule has 0 spiro atoms. The molecule has 0 fully saturated rings. The Hall–Kier alpha value is -2.41. The van der Waals surface area contributed by atoms with Gasteiger partial charge in [-0.15, -0.1) is 0 Å². The topological polar surface area (TPSA) is 12.9 Å². The van der Waals surface area contributed by atoms with E-state index >= 15 is 0 Å². The Morgan fingerprint density at radius 3 is 2.50 bits per heavy atom. The van der Waals surface area contributed by atoms with Crippen molar-refractivity contribution >= 4 is 17.7 Å². The lowest BCUT2D eigenvalue weighted by Gasteiger charge is -2.06. The van der Waals surface area contributed by atoms with Gasteiger partial charge in [0.05, 0.1) is 5.69 Å². The number of aromatic nitrogens is 1. The van der Waals surface area contributed by atoms with E-state index in [0.29, 0.717) is 0 Å². The number of nitrogens with zero attached hydrogens (tertiary/aromatic N) is 1. The van der Waals surface area contributed by atoms with Crippen molar-refractivity contribution in [2.45, 2.75) is 13.8 Å². The van der Waals surface area contributed by atoms with Crippen molar-refractivity contribution in [2.24, 2.45) is 0 Å². The molecule has 0 aliphatic rings. The van der Waals surface area contributed by atoms with Gasteiger partial charge in [0.15, 0.2) is 0 Å². The van der Waals surface area contributed by atoms with Gasteiger partial charge >= 0.3 is 0 Å².